The average Bonchev–Trinajstić information content (AvgIpc) is 3.15. The average molecular weight is 387 g/mol. The Morgan fingerprint density at radius 2 is 1.62 bits per heavy atom. The van der Waals surface area contributed by atoms with E-state index >= 15 is 0 Å². The van der Waals surface area contributed by atoms with Crippen LogP contribution in [-0.4, -0.2) is 55.1 Å². The van der Waals surface area contributed by atoms with E-state index in [9.17, 15) is 9.59 Å². The summed E-state index contributed by atoms with van der Waals surface area (Å²) in [5.41, 5.74) is 0. The zero-order valence-electron chi connectivity index (χ0n) is 15.8. The van der Waals surface area contributed by atoms with Crippen molar-refractivity contribution in [2.45, 2.75) is 76.3 Å². The molecule has 0 bridgehead atoms. The minimum Gasteiger partial charge on any atom is -0.353 e. The summed E-state index contributed by atoms with van der Waals surface area (Å²) in [5.74, 6) is 0.841. The molecular weight excluding hydrogens is 352 g/mol. The van der Waals surface area contributed by atoms with Gasteiger partial charge in [-0.1, -0.05) is 19.3 Å². The van der Waals surface area contributed by atoms with E-state index in [1.54, 1.807) is 0 Å². The van der Waals surface area contributed by atoms with Gasteiger partial charge in [-0.15, -0.1) is 12.4 Å². The van der Waals surface area contributed by atoms with Crippen LogP contribution in [0.2, 0.25) is 0 Å². The molecule has 6 nitrogen and oxygen atoms in total. The van der Waals surface area contributed by atoms with Crippen LogP contribution in [0.4, 0.5) is 4.79 Å². The summed E-state index contributed by atoms with van der Waals surface area (Å²) in [6, 6.07) is 0.682. The summed E-state index contributed by atoms with van der Waals surface area (Å²) in [5, 5.41) is 9.70. The van der Waals surface area contributed by atoms with Crippen LogP contribution in [0.1, 0.15) is 64.2 Å². The molecule has 2 saturated heterocycles. The number of carbonyl (C=O) groups excluding carboxylic acids is 2. The zero-order valence-corrected chi connectivity index (χ0v) is 16.6. The lowest BCUT2D eigenvalue weighted by Crippen LogP contribution is -2.51. The molecule has 1 atom stereocenters. The van der Waals surface area contributed by atoms with E-state index in [1.165, 1.54) is 25.7 Å². The fraction of sp³-hybridized carbons (Fsp3) is 0.895. The van der Waals surface area contributed by atoms with Crippen LogP contribution in [0, 0.1) is 5.92 Å². The maximum Gasteiger partial charge on any atom is 0.317 e. The monoisotopic (exact) mass is 386 g/mol. The molecule has 26 heavy (non-hydrogen) atoms. The van der Waals surface area contributed by atoms with Crippen LogP contribution in [0.5, 0.6) is 0 Å². The maximum atomic E-state index is 12.4. The molecular formula is C19H35ClN4O2. The van der Waals surface area contributed by atoms with Crippen LogP contribution >= 0.6 is 12.4 Å². The molecule has 0 aromatic carbocycles. The highest BCUT2D eigenvalue weighted by molar-refractivity contribution is 5.85. The van der Waals surface area contributed by atoms with Crippen LogP contribution in [0.3, 0.4) is 0 Å². The molecule has 2 heterocycles. The van der Waals surface area contributed by atoms with E-state index in [0.29, 0.717) is 18.4 Å². The number of amides is 3. The molecule has 3 N–H and O–H groups in total. The SMILES string of the molecule is Cl.O=C(CCC1CCNC1)NC1CCN(C(=O)NC2CCCCC2)CC1. The summed E-state index contributed by atoms with van der Waals surface area (Å²) in [6.45, 7) is 3.64. The maximum absolute atomic E-state index is 12.4. The highest BCUT2D eigenvalue weighted by atomic mass is 35.5. The Kier molecular flexibility index (Phi) is 8.99. The number of rotatable bonds is 5. The molecule has 3 aliphatic rings. The van der Waals surface area contributed by atoms with Gasteiger partial charge in [-0.25, -0.2) is 4.79 Å². The van der Waals surface area contributed by atoms with Crippen LogP contribution in [0.25, 0.3) is 0 Å². The molecule has 1 aliphatic carbocycles. The second-order valence-corrected chi connectivity index (χ2v) is 8.01. The van der Waals surface area contributed by atoms with Crippen molar-refractivity contribution in [2.24, 2.45) is 5.92 Å². The van der Waals surface area contributed by atoms with E-state index in [-0.39, 0.29) is 30.4 Å². The van der Waals surface area contributed by atoms with Crippen molar-refractivity contribution in [2.75, 3.05) is 26.2 Å². The summed E-state index contributed by atoms with van der Waals surface area (Å²) >= 11 is 0. The Labute approximate surface area is 163 Å². The predicted octanol–water partition coefficient (Wildman–Crippen LogP) is 2.42. The fourth-order valence-electron chi connectivity index (χ4n) is 4.34. The number of likely N-dealkylation sites (tertiary alicyclic amines) is 1. The lowest BCUT2D eigenvalue weighted by atomic mass is 9.95. The number of nitrogens with zero attached hydrogens (tertiary/aromatic N) is 1. The first-order chi connectivity index (χ1) is 12.2. The van der Waals surface area contributed by atoms with Crippen molar-refractivity contribution < 1.29 is 9.59 Å². The van der Waals surface area contributed by atoms with Gasteiger partial charge in [0.15, 0.2) is 0 Å². The molecule has 3 fully saturated rings. The molecule has 7 heteroatoms. The molecule has 150 valence electrons. The summed E-state index contributed by atoms with van der Waals surface area (Å²) in [4.78, 5) is 26.4. The fourth-order valence-corrected chi connectivity index (χ4v) is 4.34. The van der Waals surface area contributed by atoms with Crippen molar-refractivity contribution >= 4 is 24.3 Å². The van der Waals surface area contributed by atoms with Gasteiger partial charge < -0.3 is 20.9 Å². The summed E-state index contributed by atoms with van der Waals surface area (Å²) in [6.07, 6.45) is 10.6. The number of nitrogens with one attached hydrogen (secondary N) is 3. The van der Waals surface area contributed by atoms with Crippen molar-refractivity contribution in [3.8, 4) is 0 Å². The van der Waals surface area contributed by atoms with E-state index in [2.05, 4.69) is 16.0 Å². The first-order valence-electron chi connectivity index (χ1n) is 10.3. The third-order valence-corrected chi connectivity index (χ3v) is 6.02. The molecule has 3 amide bonds. The van der Waals surface area contributed by atoms with E-state index < -0.39 is 0 Å². The number of hydrogen-bond acceptors (Lipinski definition) is 3. The van der Waals surface area contributed by atoms with Crippen molar-refractivity contribution in [3.05, 3.63) is 0 Å². The van der Waals surface area contributed by atoms with Gasteiger partial charge in [0.05, 0.1) is 0 Å². The predicted molar refractivity (Wildman–Crippen MR) is 106 cm³/mol. The van der Waals surface area contributed by atoms with Gasteiger partial charge in [0.25, 0.3) is 0 Å². The molecule has 0 radical (unpaired) electrons. The Morgan fingerprint density at radius 1 is 0.923 bits per heavy atom. The summed E-state index contributed by atoms with van der Waals surface area (Å²) < 4.78 is 0. The number of piperidine rings is 1. The van der Waals surface area contributed by atoms with Gasteiger partial charge in [0, 0.05) is 31.6 Å². The summed E-state index contributed by atoms with van der Waals surface area (Å²) in [7, 11) is 0. The smallest absolute Gasteiger partial charge is 0.317 e. The Balaban J connectivity index is 0.00000243. The molecule has 3 rings (SSSR count). The number of carbonyl (C=O) groups is 2. The number of halogens is 1. The molecule has 0 aromatic heterocycles. The number of hydrogen-bond donors (Lipinski definition) is 3. The van der Waals surface area contributed by atoms with Crippen molar-refractivity contribution in [3.63, 3.8) is 0 Å². The topological polar surface area (TPSA) is 73.5 Å². The second kappa shape index (κ2) is 11.0. The molecule has 2 aliphatic heterocycles. The van der Waals surface area contributed by atoms with E-state index in [0.717, 1.165) is 58.3 Å². The Hall–Kier alpha value is -1.01. The van der Waals surface area contributed by atoms with E-state index in [4.69, 9.17) is 0 Å². The molecule has 1 saturated carbocycles. The Bertz CT molecular complexity index is 443. The first kappa shape index (κ1) is 21.3. The van der Waals surface area contributed by atoms with Crippen LogP contribution in [-0.2, 0) is 4.79 Å². The third-order valence-electron chi connectivity index (χ3n) is 6.02. The standard InChI is InChI=1S/C19H34N4O2.ClH/c24-18(7-6-15-8-11-20-14-15)21-17-9-12-23(13-10-17)19(25)22-16-4-2-1-3-5-16;/h15-17,20H,1-14H2,(H,21,24)(H,22,25);1H. The minimum atomic E-state index is 0. The first-order valence-corrected chi connectivity index (χ1v) is 10.3. The van der Waals surface area contributed by atoms with Gasteiger partial charge in [0.2, 0.25) is 5.91 Å². The normalized spacial score (nSPS) is 24.8. The van der Waals surface area contributed by atoms with Crippen LogP contribution < -0.4 is 16.0 Å². The van der Waals surface area contributed by atoms with Crippen molar-refractivity contribution in [1.82, 2.24) is 20.9 Å². The van der Waals surface area contributed by atoms with Crippen LogP contribution in [0.15, 0.2) is 0 Å². The molecule has 0 aromatic rings. The molecule has 1 unspecified atom stereocenters. The number of urea groups is 1. The van der Waals surface area contributed by atoms with Crippen molar-refractivity contribution in [1.29, 1.82) is 0 Å². The zero-order chi connectivity index (χ0) is 17.5. The minimum absolute atomic E-state index is 0. The molecule has 0 spiro atoms. The lowest BCUT2D eigenvalue weighted by molar-refractivity contribution is -0.122. The highest BCUT2D eigenvalue weighted by Crippen LogP contribution is 2.19. The Morgan fingerprint density at radius 3 is 2.27 bits per heavy atom. The quantitative estimate of drug-likeness (QED) is 0.679. The van der Waals surface area contributed by atoms with Gasteiger partial charge >= 0.3 is 6.03 Å². The van der Waals surface area contributed by atoms with E-state index in [1.807, 2.05) is 4.90 Å². The van der Waals surface area contributed by atoms with Gasteiger partial charge in [0.1, 0.15) is 0 Å². The third kappa shape index (κ3) is 6.62. The second-order valence-electron chi connectivity index (χ2n) is 8.01. The highest BCUT2D eigenvalue weighted by Gasteiger charge is 2.26. The largest absolute Gasteiger partial charge is 0.353 e. The van der Waals surface area contributed by atoms with Gasteiger partial charge in [-0.2, -0.15) is 0 Å². The van der Waals surface area contributed by atoms with Gasteiger partial charge in [-0.3, -0.25) is 4.79 Å². The lowest BCUT2D eigenvalue weighted by Gasteiger charge is -2.34. The van der Waals surface area contributed by atoms with Gasteiger partial charge in [-0.05, 0) is 57.5 Å².